The van der Waals surface area contributed by atoms with Gasteiger partial charge in [-0.2, -0.15) is 0 Å². The van der Waals surface area contributed by atoms with E-state index in [-0.39, 0.29) is 12.4 Å². The predicted molar refractivity (Wildman–Crippen MR) is 84.4 cm³/mol. The van der Waals surface area contributed by atoms with Crippen molar-refractivity contribution in [2.24, 2.45) is 0 Å². The van der Waals surface area contributed by atoms with Gasteiger partial charge in [-0.1, -0.05) is 29.8 Å². The number of esters is 1. The average molecular weight is 297 g/mol. The number of hydrogen-bond donors (Lipinski definition) is 1. The molecule has 3 nitrogen and oxygen atoms in total. The summed E-state index contributed by atoms with van der Waals surface area (Å²) in [5.41, 5.74) is 3.71. The number of aryl methyl sites for hydroxylation is 1. The maximum atomic E-state index is 13.6. The first kappa shape index (κ1) is 14.3. The number of aromatic nitrogens is 1. The Kier molecular flexibility index (Phi) is 3.67. The number of H-pyrrole nitrogens is 1. The molecule has 2 aromatic carbocycles. The van der Waals surface area contributed by atoms with E-state index in [0.29, 0.717) is 22.2 Å². The molecule has 3 rings (SSSR count). The summed E-state index contributed by atoms with van der Waals surface area (Å²) in [4.78, 5) is 15.3. The van der Waals surface area contributed by atoms with Crippen LogP contribution >= 0.6 is 0 Å². The van der Waals surface area contributed by atoms with E-state index >= 15 is 0 Å². The number of halogens is 1. The minimum Gasteiger partial charge on any atom is -0.461 e. The van der Waals surface area contributed by atoms with Gasteiger partial charge >= 0.3 is 5.97 Å². The van der Waals surface area contributed by atoms with Gasteiger partial charge in [-0.25, -0.2) is 9.18 Å². The minimum atomic E-state index is -0.435. The zero-order valence-corrected chi connectivity index (χ0v) is 12.4. The van der Waals surface area contributed by atoms with Gasteiger partial charge in [0.2, 0.25) is 0 Å². The Hall–Kier alpha value is -2.62. The fourth-order valence-corrected chi connectivity index (χ4v) is 2.54. The fraction of sp³-hybridized carbons (Fsp3) is 0.167. The Morgan fingerprint density at radius 3 is 2.59 bits per heavy atom. The second kappa shape index (κ2) is 5.64. The van der Waals surface area contributed by atoms with Crippen LogP contribution in [0.3, 0.4) is 0 Å². The molecule has 0 spiro atoms. The lowest BCUT2D eigenvalue weighted by atomic mass is 10.0. The smallest absolute Gasteiger partial charge is 0.355 e. The highest BCUT2D eigenvalue weighted by Crippen LogP contribution is 2.33. The Labute approximate surface area is 127 Å². The number of fused-ring (bicyclic) bond motifs is 1. The monoisotopic (exact) mass is 297 g/mol. The minimum absolute atomic E-state index is 0.288. The molecule has 1 N–H and O–H groups in total. The van der Waals surface area contributed by atoms with Gasteiger partial charge in [-0.3, -0.25) is 0 Å². The van der Waals surface area contributed by atoms with Crippen molar-refractivity contribution in [2.75, 3.05) is 6.61 Å². The highest BCUT2D eigenvalue weighted by atomic mass is 19.1. The molecule has 0 unspecified atom stereocenters. The molecule has 0 fully saturated rings. The number of ether oxygens (including phenoxy) is 1. The summed E-state index contributed by atoms with van der Waals surface area (Å²) < 4.78 is 18.7. The van der Waals surface area contributed by atoms with Gasteiger partial charge in [-0.05, 0) is 37.6 Å². The van der Waals surface area contributed by atoms with Crippen LogP contribution in [0, 0.1) is 12.7 Å². The van der Waals surface area contributed by atoms with Crippen molar-refractivity contribution in [3.05, 3.63) is 59.5 Å². The Bertz CT molecular complexity index is 834. The summed E-state index contributed by atoms with van der Waals surface area (Å²) in [5, 5.41) is 0.673. The predicted octanol–water partition coefficient (Wildman–Crippen LogP) is 4.46. The average Bonchev–Trinajstić information content (AvgIpc) is 2.87. The molecular weight excluding hydrogens is 281 g/mol. The zero-order chi connectivity index (χ0) is 15.7. The van der Waals surface area contributed by atoms with Crippen molar-refractivity contribution >= 4 is 16.9 Å². The SMILES string of the molecule is CCOC(=O)c1[nH]c2ccc(F)cc2c1-c1ccc(C)cc1. The van der Waals surface area contributed by atoms with Crippen molar-refractivity contribution < 1.29 is 13.9 Å². The summed E-state index contributed by atoms with van der Waals surface area (Å²) in [6.45, 7) is 4.03. The first-order chi connectivity index (χ1) is 10.6. The quantitative estimate of drug-likeness (QED) is 0.725. The summed E-state index contributed by atoms with van der Waals surface area (Å²) >= 11 is 0. The Balaban J connectivity index is 2.27. The van der Waals surface area contributed by atoms with Crippen LogP contribution in [-0.2, 0) is 4.74 Å². The fourth-order valence-electron chi connectivity index (χ4n) is 2.54. The van der Waals surface area contributed by atoms with Crippen LogP contribution in [0.15, 0.2) is 42.5 Å². The molecular formula is C18H16FNO2. The molecule has 0 aliphatic carbocycles. The van der Waals surface area contributed by atoms with E-state index in [1.807, 2.05) is 31.2 Å². The van der Waals surface area contributed by atoms with Crippen LogP contribution in [0.4, 0.5) is 4.39 Å². The van der Waals surface area contributed by atoms with E-state index in [1.165, 1.54) is 12.1 Å². The Morgan fingerprint density at radius 2 is 1.91 bits per heavy atom. The molecule has 0 amide bonds. The normalized spacial score (nSPS) is 10.9. The van der Waals surface area contributed by atoms with E-state index in [9.17, 15) is 9.18 Å². The number of carbonyl (C=O) groups excluding carboxylic acids is 1. The highest BCUT2D eigenvalue weighted by Gasteiger charge is 2.20. The van der Waals surface area contributed by atoms with Crippen molar-refractivity contribution in [1.29, 1.82) is 0 Å². The van der Waals surface area contributed by atoms with Crippen LogP contribution in [-0.4, -0.2) is 17.6 Å². The lowest BCUT2D eigenvalue weighted by molar-refractivity contribution is 0.0521. The summed E-state index contributed by atoms with van der Waals surface area (Å²) in [6, 6.07) is 12.2. The van der Waals surface area contributed by atoms with E-state index in [1.54, 1.807) is 13.0 Å². The van der Waals surface area contributed by atoms with Crippen LogP contribution < -0.4 is 0 Å². The molecule has 3 aromatic rings. The van der Waals surface area contributed by atoms with Gasteiger partial charge in [0, 0.05) is 16.5 Å². The van der Waals surface area contributed by atoms with Gasteiger partial charge in [-0.15, -0.1) is 0 Å². The maximum absolute atomic E-state index is 13.6. The molecule has 0 saturated heterocycles. The third-order valence-electron chi connectivity index (χ3n) is 3.58. The first-order valence-electron chi connectivity index (χ1n) is 7.15. The molecule has 0 bridgehead atoms. The zero-order valence-electron chi connectivity index (χ0n) is 12.4. The third-order valence-corrected chi connectivity index (χ3v) is 3.58. The molecule has 1 heterocycles. The van der Waals surface area contributed by atoms with Crippen molar-refractivity contribution in [3.63, 3.8) is 0 Å². The van der Waals surface area contributed by atoms with Gasteiger partial charge in [0.25, 0.3) is 0 Å². The molecule has 0 aliphatic rings. The van der Waals surface area contributed by atoms with Gasteiger partial charge in [0.05, 0.1) is 6.61 Å². The van der Waals surface area contributed by atoms with E-state index in [4.69, 9.17) is 4.74 Å². The van der Waals surface area contributed by atoms with Gasteiger partial charge in [0.15, 0.2) is 0 Å². The standard InChI is InChI=1S/C18H16FNO2/c1-3-22-18(21)17-16(12-6-4-11(2)5-7-12)14-10-13(19)8-9-15(14)20-17/h4-10,20H,3H2,1-2H3. The van der Waals surface area contributed by atoms with E-state index in [0.717, 1.165) is 11.1 Å². The molecule has 112 valence electrons. The molecule has 0 saturated carbocycles. The van der Waals surface area contributed by atoms with Crippen LogP contribution in [0.25, 0.3) is 22.0 Å². The number of hydrogen-bond acceptors (Lipinski definition) is 2. The molecule has 0 atom stereocenters. The van der Waals surface area contributed by atoms with Crippen molar-refractivity contribution in [1.82, 2.24) is 4.98 Å². The lowest BCUT2D eigenvalue weighted by Gasteiger charge is -2.05. The van der Waals surface area contributed by atoms with E-state index < -0.39 is 5.97 Å². The third kappa shape index (κ3) is 2.48. The number of nitrogens with one attached hydrogen (secondary N) is 1. The topological polar surface area (TPSA) is 42.1 Å². The molecule has 0 radical (unpaired) electrons. The summed E-state index contributed by atoms with van der Waals surface area (Å²) in [5.74, 6) is -0.773. The lowest BCUT2D eigenvalue weighted by Crippen LogP contribution is -2.06. The van der Waals surface area contributed by atoms with Gasteiger partial charge < -0.3 is 9.72 Å². The largest absolute Gasteiger partial charge is 0.461 e. The van der Waals surface area contributed by atoms with E-state index in [2.05, 4.69) is 4.98 Å². The molecule has 22 heavy (non-hydrogen) atoms. The highest BCUT2D eigenvalue weighted by molar-refractivity contribution is 6.08. The number of aromatic amines is 1. The maximum Gasteiger partial charge on any atom is 0.355 e. The number of carbonyl (C=O) groups is 1. The summed E-state index contributed by atoms with van der Waals surface area (Å²) in [6.07, 6.45) is 0. The second-order valence-corrected chi connectivity index (χ2v) is 5.15. The van der Waals surface area contributed by atoms with Crippen LogP contribution in [0.5, 0.6) is 0 Å². The first-order valence-corrected chi connectivity index (χ1v) is 7.15. The van der Waals surface area contributed by atoms with Crippen LogP contribution in [0.1, 0.15) is 23.0 Å². The van der Waals surface area contributed by atoms with Gasteiger partial charge in [0.1, 0.15) is 11.5 Å². The molecule has 0 aliphatic heterocycles. The summed E-state index contributed by atoms with van der Waals surface area (Å²) in [7, 11) is 0. The van der Waals surface area contributed by atoms with Crippen molar-refractivity contribution in [3.8, 4) is 11.1 Å². The molecule has 1 aromatic heterocycles. The Morgan fingerprint density at radius 1 is 1.18 bits per heavy atom. The second-order valence-electron chi connectivity index (χ2n) is 5.15. The van der Waals surface area contributed by atoms with Crippen LogP contribution in [0.2, 0.25) is 0 Å². The van der Waals surface area contributed by atoms with Crippen molar-refractivity contribution in [2.45, 2.75) is 13.8 Å². The molecule has 4 heteroatoms. The number of rotatable bonds is 3. The number of benzene rings is 2.